The van der Waals surface area contributed by atoms with E-state index in [1.165, 1.54) is 12.3 Å². The van der Waals surface area contributed by atoms with Crippen LogP contribution in [0.3, 0.4) is 0 Å². The number of pyridine rings is 1. The third-order valence-corrected chi connectivity index (χ3v) is 1.64. The monoisotopic (exact) mass is 173 g/mol. The minimum absolute atomic E-state index is 0.450. The van der Waals surface area contributed by atoms with E-state index in [0.717, 1.165) is 0 Å². The first-order chi connectivity index (χ1) is 5.65. The summed E-state index contributed by atoms with van der Waals surface area (Å²) in [7, 11) is 0. The zero-order valence-electron chi connectivity index (χ0n) is 6.60. The number of aromatic nitrogens is 1. The number of rotatable bonds is 2. The molecule has 66 valence electrons. The number of hydrogen-bond donors (Lipinski definition) is 1. The molecule has 0 aromatic carbocycles. The van der Waals surface area contributed by atoms with Crippen molar-refractivity contribution in [1.82, 2.24) is 4.98 Å². The zero-order valence-corrected chi connectivity index (χ0v) is 6.60. The highest BCUT2D eigenvalue weighted by atomic mass is 19.3. The average molecular weight is 173 g/mol. The molecule has 4 heteroatoms. The van der Waals surface area contributed by atoms with Gasteiger partial charge in [-0.2, -0.15) is 0 Å². The first-order valence-electron chi connectivity index (χ1n) is 3.64. The minimum Gasteiger partial charge on any atom is -0.328 e. The molecule has 0 radical (unpaired) electrons. The predicted octanol–water partition coefficient (Wildman–Crippen LogP) is 1.87. The molecule has 1 aromatic heterocycles. The molecule has 12 heavy (non-hydrogen) atoms. The number of halogens is 2. The van der Waals surface area contributed by atoms with Crippen molar-refractivity contribution in [1.29, 1.82) is 0 Å². The maximum absolute atomic E-state index is 12.1. The topological polar surface area (TPSA) is 32.9 Å². The highest BCUT2D eigenvalue weighted by Crippen LogP contribution is 2.14. The van der Waals surface area contributed by atoms with Crippen molar-refractivity contribution < 1.29 is 8.78 Å². The smallest absolute Gasteiger partial charge is 0.269 e. The quantitative estimate of drug-likeness (QED) is 0.727. The largest absolute Gasteiger partial charge is 0.328 e. The van der Waals surface area contributed by atoms with Gasteiger partial charge in [-0.25, -0.2) is 8.78 Å². The van der Waals surface area contributed by atoms with Gasteiger partial charge < -0.3 is 4.98 Å². The van der Waals surface area contributed by atoms with Crippen molar-refractivity contribution in [3.63, 3.8) is 0 Å². The molecule has 0 atom stereocenters. The van der Waals surface area contributed by atoms with E-state index in [2.05, 4.69) is 4.98 Å². The van der Waals surface area contributed by atoms with Crippen molar-refractivity contribution in [2.45, 2.75) is 19.8 Å². The Balaban J connectivity index is 3.17. The summed E-state index contributed by atoms with van der Waals surface area (Å²) >= 11 is 0. The minimum atomic E-state index is -2.69. The Morgan fingerprint density at radius 3 is 2.75 bits per heavy atom. The maximum Gasteiger partial charge on any atom is 0.269 e. The van der Waals surface area contributed by atoms with Gasteiger partial charge in [0.05, 0.1) is 5.56 Å². The van der Waals surface area contributed by atoms with Gasteiger partial charge in [0.2, 0.25) is 0 Å². The van der Waals surface area contributed by atoms with Crippen LogP contribution in [0.2, 0.25) is 0 Å². The van der Waals surface area contributed by atoms with Crippen molar-refractivity contribution >= 4 is 0 Å². The van der Waals surface area contributed by atoms with Crippen LogP contribution in [0, 0.1) is 0 Å². The molecular weight excluding hydrogens is 164 g/mol. The van der Waals surface area contributed by atoms with Crippen LogP contribution in [-0.4, -0.2) is 4.98 Å². The summed E-state index contributed by atoms with van der Waals surface area (Å²) in [4.78, 5) is 13.1. The first kappa shape index (κ1) is 8.90. The number of hydrogen-bond acceptors (Lipinski definition) is 1. The van der Waals surface area contributed by atoms with Crippen LogP contribution in [0.15, 0.2) is 17.1 Å². The van der Waals surface area contributed by atoms with Crippen molar-refractivity contribution in [3.05, 3.63) is 33.7 Å². The summed E-state index contributed by atoms with van der Waals surface area (Å²) in [5, 5.41) is 0. The highest BCUT2D eigenvalue weighted by molar-refractivity contribution is 5.18. The Bertz CT molecular complexity index is 319. The van der Waals surface area contributed by atoms with Gasteiger partial charge in [0.1, 0.15) is 0 Å². The van der Waals surface area contributed by atoms with Gasteiger partial charge in [0.15, 0.2) is 0 Å². The van der Waals surface area contributed by atoms with E-state index in [1.54, 1.807) is 0 Å². The molecule has 1 rings (SSSR count). The van der Waals surface area contributed by atoms with Crippen LogP contribution >= 0.6 is 0 Å². The Hall–Kier alpha value is -1.19. The van der Waals surface area contributed by atoms with Crippen molar-refractivity contribution in [3.8, 4) is 0 Å². The van der Waals surface area contributed by atoms with Gasteiger partial charge in [0, 0.05) is 6.20 Å². The van der Waals surface area contributed by atoms with Gasteiger partial charge >= 0.3 is 0 Å². The zero-order chi connectivity index (χ0) is 9.14. The van der Waals surface area contributed by atoms with E-state index < -0.39 is 17.5 Å². The first-order valence-corrected chi connectivity index (χ1v) is 3.64. The molecule has 0 fully saturated rings. The lowest BCUT2D eigenvalue weighted by molar-refractivity contribution is 0.149. The van der Waals surface area contributed by atoms with E-state index in [4.69, 9.17) is 0 Å². The third-order valence-electron chi connectivity index (χ3n) is 1.64. The predicted molar refractivity (Wildman–Crippen MR) is 41.4 cm³/mol. The SMILES string of the molecule is CCc1c[nH]c(=O)c(C(F)F)c1. The van der Waals surface area contributed by atoms with Crippen LogP contribution in [0.25, 0.3) is 0 Å². The molecule has 0 amide bonds. The second-order valence-electron chi connectivity index (χ2n) is 2.45. The fourth-order valence-electron chi connectivity index (χ4n) is 0.915. The number of aryl methyl sites for hydroxylation is 1. The number of nitrogens with one attached hydrogen (secondary N) is 1. The summed E-state index contributed by atoms with van der Waals surface area (Å²) in [5.74, 6) is 0. The molecule has 0 saturated carbocycles. The summed E-state index contributed by atoms with van der Waals surface area (Å²) in [6.07, 6.45) is -0.606. The van der Waals surface area contributed by atoms with Crippen molar-refractivity contribution in [2.75, 3.05) is 0 Å². The Labute approximate surface area is 68.2 Å². The van der Waals surface area contributed by atoms with Gasteiger partial charge in [-0.05, 0) is 18.1 Å². The van der Waals surface area contributed by atoms with E-state index >= 15 is 0 Å². The summed E-state index contributed by atoms with van der Waals surface area (Å²) in [6.45, 7) is 1.84. The Morgan fingerprint density at radius 1 is 1.58 bits per heavy atom. The fourth-order valence-corrected chi connectivity index (χ4v) is 0.915. The molecule has 1 heterocycles. The number of aromatic amines is 1. The molecular formula is C8H9F2NO. The third kappa shape index (κ3) is 1.69. The van der Waals surface area contributed by atoms with E-state index in [0.29, 0.717) is 12.0 Å². The Kier molecular flexibility index (Phi) is 2.58. The van der Waals surface area contributed by atoms with E-state index in [-0.39, 0.29) is 0 Å². The summed E-state index contributed by atoms with van der Waals surface area (Å²) < 4.78 is 24.2. The molecule has 1 N–H and O–H groups in total. The normalized spacial score (nSPS) is 10.7. The molecule has 0 aliphatic heterocycles. The standard InChI is InChI=1S/C8H9F2NO/c1-2-5-3-6(7(9)10)8(12)11-4-5/h3-4,7H,2H2,1H3,(H,11,12). The maximum atomic E-state index is 12.1. The number of alkyl halides is 2. The lowest BCUT2D eigenvalue weighted by Gasteiger charge is -2.00. The molecule has 0 saturated heterocycles. The van der Waals surface area contributed by atoms with Crippen LogP contribution in [0.5, 0.6) is 0 Å². The van der Waals surface area contributed by atoms with Crippen LogP contribution in [0.4, 0.5) is 8.78 Å². The van der Waals surface area contributed by atoms with Crippen LogP contribution in [0.1, 0.15) is 24.5 Å². The molecule has 1 aromatic rings. The molecule has 0 unspecified atom stereocenters. The lowest BCUT2D eigenvalue weighted by Crippen LogP contribution is -2.12. The van der Waals surface area contributed by atoms with Crippen LogP contribution in [-0.2, 0) is 6.42 Å². The summed E-state index contributed by atoms with van der Waals surface area (Å²) in [5.41, 5.74) is -0.443. The van der Waals surface area contributed by atoms with Crippen molar-refractivity contribution in [2.24, 2.45) is 0 Å². The van der Waals surface area contributed by atoms with E-state index in [1.807, 2.05) is 6.92 Å². The van der Waals surface area contributed by atoms with Gasteiger partial charge in [-0.15, -0.1) is 0 Å². The van der Waals surface area contributed by atoms with E-state index in [9.17, 15) is 13.6 Å². The molecule has 0 aliphatic rings. The Morgan fingerprint density at radius 2 is 2.25 bits per heavy atom. The van der Waals surface area contributed by atoms with Gasteiger partial charge in [-0.3, -0.25) is 4.79 Å². The number of H-pyrrole nitrogens is 1. The summed E-state index contributed by atoms with van der Waals surface area (Å²) in [6, 6.07) is 1.24. The average Bonchev–Trinajstić information content (AvgIpc) is 2.05. The molecule has 2 nitrogen and oxygen atoms in total. The van der Waals surface area contributed by atoms with Crippen LogP contribution < -0.4 is 5.56 Å². The van der Waals surface area contributed by atoms with Gasteiger partial charge in [-0.1, -0.05) is 6.92 Å². The second kappa shape index (κ2) is 3.47. The molecule has 0 bridgehead atoms. The lowest BCUT2D eigenvalue weighted by atomic mass is 10.2. The fraction of sp³-hybridized carbons (Fsp3) is 0.375. The molecule has 0 aliphatic carbocycles. The second-order valence-corrected chi connectivity index (χ2v) is 2.45. The molecule has 0 spiro atoms. The highest BCUT2D eigenvalue weighted by Gasteiger charge is 2.11. The van der Waals surface area contributed by atoms with Gasteiger partial charge in [0.25, 0.3) is 12.0 Å².